The van der Waals surface area contributed by atoms with Crippen molar-refractivity contribution in [2.45, 2.75) is 132 Å². The maximum atomic E-state index is 12.5. The van der Waals surface area contributed by atoms with Gasteiger partial charge in [-0.2, -0.15) is 0 Å². The van der Waals surface area contributed by atoms with Gasteiger partial charge in [0.1, 0.15) is 6.10 Å². The van der Waals surface area contributed by atoms with Crippen LogP contribution in [0.1, 0.15) is 126 Å². The minimum absolute atomic E-state index is 0.0251. The maximum Gasteiger partial charge on any atom is 0.309 e. The van der Waals surface area contributed by atoms with Crippen LogP contribution in [0.25, 0.3) is 0 Å². The maximum absolute atomic E-state index is 12.5. The van der Waals surface area contributed by atoms with E-state index in [1.54, 1.807) is 5.57 Å². The van der Waals surface area contributed by atoms with E-state index in [0.717, 1.165) is 51.4 Å². The molecule has 6 heteroatoms. The van der Waals surface area contributed by atoms with Crippen LogP contribution in [0.4, 0.5) is 0 Å². The normalized spacial score (nSPS) is 47.4. The Kier molecular flexibility index (Phi) is 6.91. The van der Waals surface area contributed by atoms with Crippen LogP contribution in [0.15, 0.2) is 11.6 Å². The zero-order chi connectivity index (χ0) is 29.5. The second-order valence-electron chi connectivity index (χ2n) is 16.3. The van der Waals surface area contributed by atoms with Crippen molar-refractivity contribution in [3.63, 3.8) is 0 Å². The van der Waals surface area contributed by atoms with Gasteiger partial charge in [-0.3, -0.25) is 14.4 Å². The van der Waals surface area contributed by atoms with Crippen LogP contribution in [0.2, 0.25) is 0 Å². The van der Waals surface area contributed by atoms with Crippen molar-refractivity contribution in [2.24, 2.45) is 50.2 Å². The fourth-order valence-electron chi connectivity index (χ4n) is 11.2. The Hall–Kier alpha value is -1.85. The standard InChI is InChI=1S/C34H52O6/c1-29(2)23-12-15-34(7)24(32(23,5)14-13-25(29)40-27(37)11-10-26(35)36)9-8-21-22-20-31(4,28(38)39)17-16-30(22,3)18-19-33(21,34)6/h9,21-23,25H,8,10-20H2,1-7H3,(H,35,36)(H,38,39)/t21?,22?,23?,25?,30?,31-,32-,33+,34?/m0/s1. The molecule has 0 aliphatic heterocycles. The fraction of sp³-hybridized carbons (Fsp3) is 0.853. The van der Waals surface area contributed by atoms with E-state index in [9.17, 15) is 19.5 Å². The molecule has 0 saturated heterocycles. The number of carboxylic acid groups (broad SMARTS) is 2. The van der Waals surface area contributed by atoms with E-state index in [1.807, 2.05) is 6.92 Å². The number of rotatable bonds is 5. The van der Waals surface area contributed by atoms with Crippen LogP contribution in [0, 0.1) is 50.2 Å². The number of aliphatic carboxylic acids is 2. The number of carboxylic acids is 2. The van der Waals surface area contributed by atoms with Crippen LogP contribution < -0.4 is 0 Å². The Bertz CT molecular complexity index is 1120. The summed E-state index contributed by atoms with van der Waals surface area (Å²) in [6, 6.07) is 0. The number of hydrogen-bond donors (Lipinski definition) is 2. The minimum atomic E-state index is -0.973. The van der Waals surface area contributed by atoms with Crippen molar-refractivity contribution in [1.29, 1.82) is 0 Å². The van der Waals surface area contributed by atoms with Gasteiger partial charge in [0, 0.05) is 5.41 Å². The highest BCUT2D eigenvalue weighted by atomic mass is 16.5. The third kappa shape index (κ3) is 4.12. The smallest absolute Gasteiger partial charge is 0.309 e. The summed E-state index contributed by atoms with van der Waals surface area (Å²) >= 11 is 0. The van der Waals surface area contributed by atoms with Crippen molar-refractivity contribution in [1.82, 2.24) is 0 Å². The Balaban J connectivity index is 1.44. The van der Waals surface area contributed by atoms with E-state index in [0.29, 0.717) is 17.8 Å². The molecule has 0 heterocycles. The highest BCUT2D eigenvalue weighted by molar-refractivity contribution is 5.76. The van der Waals surface area contributed by atoms with Gasteiger partial charge in [0.15, 0.2) is 0 Å². The van der Waals surface area contributed by atoms with Gasteiger partial charge in [0.2, 0.25) is 0 Å². The van der Waals surface area contributed by atoms with Gasteiger partial charge in [0.25, 0.3) is 0 Å². The first-order chi connectivity index (χ1) is 18.4. The first-order valence-electron chi connectivity index (χ1n) is 15.8. The van der Waals surface area contributed by atoms with Crippen molar-refractivity contribution >= 4 is 17.9 Å². The molecule has 0 aromatic carbocycles. The third-order valence-corrected chi connectivity index (χ3v) is 14.1. The SMILES string of the molecule is CC12CC[C@](C)(C(=O)O)CC1C1CC=C3C(C)(CCC4C(C)(C)C(OC(=O)CCC(=O)O)CC[C@]34C)[C@]1(C)CC2. The first-order valence-corrected chi connectivity index (χ1v) is 15.8. The summed E-state index contributed by atoms with van der Waals surface area (Å²) in [7, 11) is 0. The summed E-state index contributed by atoms with van der Waals surface area (Å²) in [5, 5.41) is 19.1. The quantitative estimate of drug-likeness (QED) is 0.266. The predicted octanol–water partition coefficient (Wildman–Crippen LogP) is 7.65. The number of esters is 1. The average molecular weight is 557 g/mol. The molecule has 9 atom stereocenters. The highest BCUT2D eigenvalue weighted by Crippen LogP contribution is 2.75. The number of ether oxygens (including phenoxy) is 1. The zero-order valence-electron chi connectivity index (χ0n) is 25.9. The van der Waals surface area contributed by atoms with Crippen molar-refractivity contribution in [3.8, 4) is 0 Å². The predicted molar refractivity (Wildman–Crippen MR) is 153 cm³/mol. The van der Waals surface area contributed by atoms with Crippen LogP contribution in [0.5, 0.6) is 0 Å². The van der Waals surface area contributed by atoms with Crippen molar-refractivity contribution in [3.05, 3.63) is 11.6 Å². The molecule has 0 radical (unpaired) electrons. The molecule has 0 aromatic rings. The molecule has 5 rings (SSSR count). The minimum Gasteiger partial charge on any atom is -0.481 e. The summed E-state index contributed by atoms with van der Waals surface area (Å²) in [5.74, 6) is -0.695. The molecular formula is C34H52O6. The number of allylic oxidation sites excluding steroid dienone is 2. The molecule has 5 aliphatic rings. The summed E-state index contributed by atoms with van der Waals surface area (Å²) in [6.45, 7) is 16.5. The molecule has 40 heavy (non-hydrogen) atoms. The summed E-state index contributed by atoms with van der Waals surface area (Å²) < 4.78 is 5.96. The molecule has 4 saturated carbocycles. The van der Waals surface area contributed by atoms with Gasteiger partial charge in [-0.1, -0.05) is 53.2 Å². The second-order valence-corrected chi connectivity index (χ2v) is 16.3. The monoisotopic (exact) mass is 556 g/mol. The second kappa shape index (κ2) is 9.33. The van der Waals surface area contributed by atoms with Gasteiger partial charge in [-0.05, 0) is 111 Å². The molecular weight excluding hydrogens is 504 g/mol. The van der Waals surface area contributed by atoms with Gasteiger partial charge < -0.3 is 14.9 Å². The lowest BCUT2D eigenvalue weighted by Crippen LogP contribution is -2.63. The molecule has 6 nitrogen and oxygen atoms in total. The molecule has 0 amide bonds. The van der Waals surface area contributed by atoms with E-state index in [-0.39, 0.29) is 46.0 Å². The zero-order valence-corrected chi connectivity index (χ0v) is 25.9. The van der Waals surface area contributed by atoms with Crippen LogP contribution >= 0.6 is 0 Å². The Morgan fingerprint density at radius 3 is 2.17 bits per heavy atom. The Morgan fingerprint density at radius 2 is 1.52 bits per heavy atom. The lowest BCUT2D eigenvalue weighted by molar-refractivity contribution is -0.189. The number of hydrogen-bond acceptors (Lipinski definition) is 4. The van der Waals surface area contributed by atoms with Crippen LogP contribution in [-0.4, -0.2) is 34.2 Å². The van der Waals surface area contributed by atoms with Crippen LogP contribution in [-0.2, 0) is 19.1 Å². The molecule has 2 N–H and O–H groups in total. The number of carbonyl (C=O) groups is 3. The summed E-state index contributed by atoms with van der Waals surface area (Å²) in [5.41, 5.74) is 1.24. The topological polar surface area (TPSA) is 101 Å². The summed E-state index contributed by atoms with van der Waals surface area (Å²) in [6.07, 6.45) is 12.1. The molecule has 5 aliphatic carbocycles. The highest BCUT2D eigenvalue weighted by Gasteiger charge is 2.68. The molecule has 6 unspecified atom stereocenters. The van der Waals surface area contributed by atoms with Gasteiger partial charge in [-0.15, -0.1) is 0 Å². The number of fused-ring (bicyclic) bond motifs is 7. The van der Waals surface area contributed by atoms with Crippen molar-refractivity contribution < 1.29 is 29.3 Å². The lowest BCUT2D eigenvalue weighted by atomic mass is 9.34. The van der Waals surface area contributed by atoms with E-state index in [1.165, 1.54) is 12.8 Å². The van der Waals surface area contributed by atoms with E-state index in [2.05, 4.69) is 47.6 Å². The van der Waals surface area contributed by atoms with E-state index in [4.69, 9.17) is 9.84 Å². The Labute approximate surface area is 240 Å². The first kappa shape index (κ1) is 29.6. The van der Waals surface area contributed by atoms with Crippen LogP contribution in [0.3, 0.4) is 0 Å². The largest absolute Gasteiger partial charge is 0.481 e. The molecule has 0 spiro atoms. The molecule has 0 aromatic heterocycles. The molecule has 0 bridgehead atoms. The number of carbonyl (C=O) groups excluding carboxylic acids is 1. The lowest BCUT2D eigenvalue weighted by Gasteiger charge is -2.70. The third-order valence-electron chi connectivity index (χ3n) is 14.1. The van der Waals surface area contributed by atoms with Gasteiger partial charge >= 0.3 is 17.9 Å². The summed E-state index contributed by atoms with van der Waals surface area (Å²) in [4.78, 5) is 35.8. The van der Waals surface area contributed by atoms with E-state index >= 15 is 0 Å². The molecule has 4 fully saturated rings. The molecule has 224 valence electrons. The van der Waals surface area contributed by atoms with Gasteiger partial charge in [0.05, 0.1) is 18.3 Å². The van der Waals surface area contributed by atoms with Gasteiger partial charge in [-0.25, -0.2) is 0 Å². The fourth-order valence-corrected chi connectivity index (χ4v) is 11.2. The Morgan fingerprint density at radius 1 is 0.850 bits per heavy atom. The van der Waals surface area contributed by atoms with E-state index < -0.39 is 23.3 Å². The average Bonchev–Trinajstić information content (AvgIpc) is 2.86. The van der Waals surface area contributed by atoms with Crippen molar-refractivity contribution in [2.75, 3.05) is 0 Å².